The molecular weight excluding hydrogens is 294 g/mol. The molecule has 2 rings (SSSR count). The van der Waals surface area contributed by atoms with E-state index < -0.39 is 0 Å². The summed E-state index contributed by atoms with van der Waals surface area (Å²) in [4.78, 5) is 22.3. The van der Waals surface area contributed by atoms with Gasteiger partial charge in [-0.1, -0.05) is 12.1 Å². The number of nitrogens with one attached hydrogen (secondary N) is 2. The van der Waals surface area contributed by atoms with E-state index in [1.54, 1.807) is 12.1 Å². The average Bonchev–Trinajstić information content (AvgIpc) is 2.54. The summed E-state index contributed by atoms with van der Waals surface area (Å²) >= 11 is 0. The van der Waals surface area contributed by atoms with Crippen molar-refractivity contribution in [3.63, 3.8) is 0 Å². The standard InChI is InChI=1S/C17H25N3O3/c1-13-12-15(9-11-18-13)17(21)19-10-3-2-4-14-5-7-16(8-6-14)20(22)23/h5-8,13,15,18H,2-4,9-12H2,1H3,(H,19,21)/t13-,15-/m0/s1. The Kier molecular flexibility index (Phi) is 6.52. The third kappa shape index (κ3) is 5.63. The molecule has 126 valence electrons. The number of carbonyl (C=O) groups is 1. The molecule has 1 fully saturated rings. The Morgan fingerprint density at radius 2 is 2.09 bits per heavy atom. The van der Waals surface area contributed by atoms with Gasteiger partial charge in [-0.05, 0) is 51.1 Å². The van der Waals surface area contributed by atoms with Crippen molar-refractivity contribution >= 4 is 11.6 Å². The number of amides is 1. The number of hydrogen-bond acceptors (Lipinski definition) is 4. The van der Waals surface area contributed by atoms with Gasteiger partial charge in [0.05, 0.1) is 4.92 Å². The zero-order valence-corrected chi connectivity index (χ0v) is 13.6. The highest BCUT2D eigenvalue weighted by Crippen LogP contribution is 2.16. The van der Waals surface area contributed by atoms with Crippen molar-refractivity contribution in [3.8, 4) is 0 Å². The summed E-state index contributed by atoms with van der Waals surface area (Å²) in [5.74, 6) is 0.314. The molecule has 1 aromatic carbocycles. The van der Waals surface area contributed by atoms with Crippen LogP contribution in [0.2, 0.25) is 0 Å². The van der Waals surface area contributed by atoms with Crippen LogP contribution in [-0.2, 0) is 11.2 Å². The lowest BCUT2D eigenvalue weighted by atomic mass is 9.92. The van der Waals surface area contributed by atoms with Crippen LogP contribution < -0.4 is 10.6 Å². The molecule has 1 aliphatic rings. The predicted octanol–water partition coefficient (Wildman–Crippen LogP) is 2.42. The van der Waals surface area contributed by atoms with Crippen LogP contribution in [-0.4, -0.2) is 30.0 Å². The van der Waals surface area contributed by atoms with Crippen molar-refractivity contribution in [2.75, 3.05) is 13.1 Å². The SMILES string of the molecule is C[C@H]1C[C@@H](C(=O)NCCCCc2ccc([N+](=O)[O-])cc2)CCN1. The lowest BCUT2D eigenvalue weighted by Gasteiger charge is -2.27. The maximum absolute atomic E-state index is 12.1. The molecule has 2 atom stereocenters. The smallest absolute Gasteiger partial charge is 0.269 e. The molecule has 0 radical (unpaired) electrons. The lowest BCUT2D eigenvalue weighted by Crippen LogP contribution is -2.42. The molecule has 1 amide bonds. The van der Waals surface area contributed by atoms with Gasteiger partial charge in [-0.25, -0.2) is 0 Å². The number of nitrogens with zero attached hydrogens (tertiary/aromatic N) is 1. The van der Waals surface area contributed by atoms with Crippen LogP contribution in [0, 0.1) is 16.0 Å². The fraction of sp³-hybridized carbons (Fsp3) is 0.588. The molecule has 0 bridgehead atoms. The lowest BCUT2D eigenvalue weighted by molar-refractivity contribution is -0.384. The number of non-ortho nitro benzene ring substituents is 1. The molecule has 2 N–H and O–H groups in total. The number of piperidine rings is 1. The van der Waals surface area contributed by atoms with E-state index in [1.807, 2.05) is 0 Å². The number of rotatable bonds is 7. The van der Waals surface area contributed by atoms with E-state index in [0.29, 0.717) is 12.6 Å². The molecular formula is C17H25N3O3. The normalized spacial score (nSPS) is 20.9. The summed E-state index contributed by atoms with van der Waals surface area (Å²) in [5.41, 5.74) is 1.21. The van der Waals surface area contributed by atoms with Crippen molar-refractivity contribution in [3.05, 3.63) is 39.9 Å². The first-order valence-corrected chi connectivity index (χ1v) is 8.30. The summed E-state index contributed by atoms with van der Waals surface area (Å²) < 4.78 is 0. The first-order chi connectivity index (χ1) is 11.1. The maximum Gasteiger partial charge on any atom is 0.269 e. The Hall–Kier alpha value is -1.95. The van der Waals surface area contributed by atoms with E-state index in [2.05, 4.69) is 17.6 Å². The molecule has 0 unspecified atom stereocenters. The van der Waals surface area contributed by atoms with Gasteiger partial charge in [0.15, 0.2) is 0 Å². The van der Waals surface area contributed by atoms with Crippen LogP contribution in [0.25, 0.3) is 0 Å². The summed E-state index contributed by atoms with van der Waals surface area (Å²) in [6.07, 6.45) is 4.58. The molecule has 1 aromatic rings. The van der Waals surface area contributed by atoms with Gasteiger partial charge in [0.25, 0.3) is 5.69 Å². The van der Waals surface area contributed by atoms with Gasteiger partial charge in [0, 0.05) is 30.6 Å². The summed E-state index contributed by atoms with van der Waals surface area (Å²) in [6, 6.07) is 7.09. The zero-order valence-electron chi connectivity index (χ0n) is 13.6. The third-order valence-electron chi connectivity index (χ3n) is 4.33. The molecule has 0 saturated carbocycles. The van der Waals surface area contributed by atoms with Gasteiger partial charge < -0.3 is 10.6 Å². The van der Waals surface area contributed by atoms with Crippen molar-refractivity contribution in [1.82, 2.24) is 10.6 Å². The molecule has 1 heterocycles. The highest BCUT2D eigenvalue weighted by Gasteiger charge is 2.24. The Balaban J connectivity index is 1.61. The van der Waals surface area contributed by atoms with E-state index in [9.17, 15) is 14.9 Å². The average molecular weight is 319 g/mol. The van der Waals surface area contributed by atoms with Gasteiger partial charge in [-0.3, -0.25) is 14.9 Å². The summed E-state index contributed by atoms with van der Waals surface area (Å²) in [6.45, 7) is 3.73. The topological polar surface area (TPSA) is 84.3 Å². The Bertz CT molecular complexity index is 530. The van der Waals surface area contributed by atoms with Gasteiger partial charge in [-0.15, -0.1) is 0 Å². The molecule has 0 aliphatic carbocycles. The van der Waals surface area contributed by atoms with Gasteiger partial charge in [-0.2, -0.15) is 0 Å². The number of hydrogen-bond donors (Lipinski definition) is 2. The van der Waals surface area contributed by atoms with Crippen LogP contribution in [0.4, 0.5) is 5.69 Å². The molecule has 1 aliphatic heterocycles. The number of nitro benzene ring substituents is 1. The van der Waals surface area contributed by atoms with E-state index in [1.165, 1.54) is 12.1 Å². The monoisotopic (exact) mass is 319 g/mol. The Morgan fingerprint density at radius 1 is 1.35 bits per heavy atom. The van der Waals surface area contributed by atoms with E-state index in [4.69, 9.17) is 0 Å². The summed E-state index contributed by atoms with van der Waals surface area (Å²) in [5, 5.41) is 17.0. The minimum absolute atomic E-state index is 0.122. The number of unbranched alkanes of at least 4 members (excludes halogenated alkanes) is 1. The van der Waals surface area contributed by atoms with E-state index in [-0.39, 0.29) is 22.4 Å². The Labute approximate surface area is 136 Å². The highest BCUT2D eigenvalue weighted by molar-refractivity contribution is 5.78. The van der Waals surface area contributed by atoms with Crippen molar-refractivity contribution in [2.45, 2.75) is 45.1 Å². The van der Waals surface area contributed by atoms with Crippen molar-refractivity contribution in [2.24, 2.45) is 5.92 Å². The maximum atomic E-state index is 12.1. The summed E-state index contributed by atoms with van der Waals surface area (Å²) in [7, 11) is 0. The van der Waals surface area contributed by atoms with Gasteiger partial charge in [0.1, 0.15) is 0 Å². The Morgan fingerprint density at radius 3 is 2.74 bits per heavy atom. The molecule has 23 heavy (non-hydrogen) atoms. The molecule has 0 spiro atoms. The molecule has 0 aromatic heterocycles. The number of benzene rings is 1. The van der Waals surface area contributed by atoms with Crippen LogP contribution in [0.1, 0.15) is 38.2 Å². The molecule has 1 saturated heterocycles. The second kappa shape index (κ2) is 8.62. The van der Waals surface area contributed by atoms with E-state index in [0.717, 1.165) is 44.2 Å². The third-order valence-corrected chi connectivity index (χ3v) is 4.33. The number of carbonyl (C=O) groups excluding carboxylic acids is 1. The second-order valence-electron chi connectivity index (χ2n) is 6.25. The van der Waals surface area contributed by atoms with Crippen LogP contribution in [0.15, 0.2) is 24.3 Å². The van der Waals surface area contributed by atoms with Crippen LogP contribution in [0.3, 0.4) is 0 Å². The quantitative estimate of drug-likeness (QED) is 0.459. The largest absolute Gasteiger partial charge is 0.356 e. The van der Waals surface area contributed by atoms with Gasteiger partial charge >= 0.3 is 0 Å². The van der Waals surface area contributed by atoms with Crippen molar-refractivity contribution < 1.29 is 9.72 Å². The van der Waals surface area contributed by atoms with Crippen molar-refractivity contribution in [1.29, 1.82) is 0 Å². The minimum Gasteiger partial charge on any atom is -0.356 e. The first-order valence-electron chi connectivity index (χ1n) is 8.30. The van der Waals surface area contributed by atoms with Gasteiger partial charge in [0.2, 0.25) is 5.91 Å². The number of nitro groups is 1. The van der Waals surface area contributed by atoms with Crippen LogP contribution >= 0.6 is 0 Å². The van der Waals surface area contributed by atoms with E-state index >= 15 is 0 Å². The second-order valence-corrected chi connectivity index (χ2v) is 6.25. The fourth-order valence-corrected chi connectivity index (χ4v) is 2.96. The predicted molar refractivity (Wildman–Crippen MR) is 89.2 cm³/mol. The zero-order chi connectivity index (χ0) is 16.7. The molecule has 6 nitrogen and oxygen atoms in total. The molecule has 6 heteroatoms. The highest BCUT2D eigenvalue weighted by atomic mass is 16.6. The van der Waals surface area contributed by atoms with Crippen LogP contribution in [0.5, 0.6) is 0 Å². The fourth-order valence-electron chi connectivity index (χ4n) is 2.96. The number of aryl methyl sites for hydroxylation is 1. The minimum atomic E-state index is -0.388. The first kappa shape index (κ1) is 17.4.